The van der Waals surface area contributed by atoms with E-state index in [0.717, 1.165) is 4.57 Å². The molecule has 0 aliphatic heterocycles. The SMILES string of the molecule is CSc1ncc2c(=O)n(-c3ncccc3F)cc(Br)c2n1. The van der Waals surface area contributed by atoms with Crippen molar-refractivity contribution in [2.75, 3.05) is 6.26 Å². The molecule has 21 heavy (non-hydrogen) atoms. The molecule has 0 saturated carbocycles. The molecule has 0 radical (unpaired) electrons. The number of aromatic nitrogens is 4. The maximum Gasteiger partial charge on any atom is 0.267 e. The van der Waals surface area contributed by atoms with Gasteiger partial charge in [0.15, 0.2) is 16.8 Å². The predicted molar refractivity (Wildman–Crippen MR) is 82.4 cm³/mol. The smallest absolute Gasteiger partial charge is 0.267 e. The molecule has 3 aromatic rings. The van der Waals surface area contributed by atoms with Gasteiger partial charge in [0.25, 0.3) is 5.56 Å². The third-order valence-electron chi connectivity index (χ3n) is 2.83. The summed E-state index contributed by atoms with van der Waals surface area (Å²) in [7, 11) is 0. The molecule has 0 aliphatic rings. The zero-order chi connectivity index (χ0) is 15.0. The second-order valence-electron chi connectivity index (χ2n) is 4.08. The number of halogens is 2. The van der Waals surface area contributed by atoms with E-state index in [1.54, 1.807) is 0 Å². The fraction of sp³-hybridized carbons (Fsp3) is 0.0769. The Labute approximate surface area is 131 Å². The molecule has 3 aromatic heterocycles. The van der Waals surface area contributed by atoms with Gasteiger partial charge in [0.2, 0.25) is 0 Å². The number of pyridine rings is 2. The Morgan fingerprint density at radius 2 is 2.19 bits per heavy atom. The molecular weight excluding hydrogens is 359 g/mol. The van der Waals surface area contributed by atoms with Gasteiger partial charge >= 0.3 is 0 Å². The summed E-state index contributed by atoms with van der Waals surface area (Å²) in [4.78, 5) is 24.8. The zero-order valence-electron chi connectivity index (χ0n) is 10.7. The Morgan fingerprint density at radius 3 is 2.90 bits per heavy atom. The number of fused-ring (bicyclic) bond motifs is 1. The van der Waals surface area contributed by atoms with E-state index < -0.39 is 11.4 Å². The molecule has 106 valence electrons. The molecule has 0 aromatic carbocycles. The summed E-state index contributed by atoms with van der Waals surface area (Å²) in [5, 5.41) is 0.858. The molecular formula is C13H8BrFN4OS. The molecule has 5 nitrogen and oxygen atoms in total. The van der Waals surface area contributed by atoms with Crippen LogP contribution in [0.4, 0.5) is 4.39 Å². The Kier molecular flexibility index (Phi) is 3.73. The molecule has 0 bridgehead atoms. The van der Waals surface area contributed by atoms with Crippen molar-refractivity contribution in [1.29, 1.82) is 0 Å². The summed E-state index contributed by atoms with van der Waals surface area (Å²) < 4.78 is 15.5. The van der Waals surface area contributed by atoms with Crippen molar-refractivity contribution in [2.45, 2.75) is 5.16 Å². The van der Waals surface area contributed by atoms with Crippen LogP contribution in [0.25, 0.3) is 16.7 Å². The standard InChI is InChI=1S/C13H8BrFN4OS/c1-21-13-17-5-7-10(18-13)8(14)6-19(12(7)20)11-9(15)3-2-4-16-11/h2-6H,1H3. The van der Waals surface area contributed by atoms with Crippen LogP contribution in [0.2, 0.25) is 0 Å². The molecule has 0 N–H and O–H groups in total. The Bertz CT molecular complexity index is 899. The second kappa shape index (κ2) is 5.53. The second-order valence-corrected chi connectivity index (χ2v) is 5.71. The highest BCUT2D eigenvalue weighted by molar-refractivity contribution is 9.10. The van der Waals surface area contributed by atoms with Gasteiger partial charge in [-0.05, 0) is 34.3 Å². The average Bonchev–Trinajstić information content (AvgIpc) is 2.51. The van der Waals surface area contributed by atoms with E-state index in [1.807, 2.05) is 6.26 Å². The average molecular weight is 367 g/mol. The summed E-state index contributed by atoms with van der Waals surface area (Å²) >= 11 is 4.73. The van der Waals surface area contributed by atoms with Crippen LogP contribution in [0.5, 0.6) is 0 Å². The van der Waals surface area contributed by atoms with Gasteiger partial charge in [-0.2, -0.15) is 0 Å². The van der Waals surface area contributed by atoms with Crippen molar-refractivity contribution in [2.24, 2.45) is 0 Å². The first kappa shape index (κ1) is 14.2. The monoisotopic (exact) mass is 366 g/mol. The summed E-state index contributed by atoms with van der Waals surface area (Å²) in [6.45, 7) is 0. The van der Waals surface area contributed by atoms with Crippen LogP contribution in [0.1, 0.15) is 0 Å². The van der Waals surface area contributed by atoms with E-state index in [0.29, 0.717) is 20.5 Å². The lowest BCUT2D eigenvalue weighted by Crippen LogP contribution is -2.21. The van der Waals surface area contributed by atoms with Crippen LogP contribution in [0.15, 0.2) is 45.1 Å². The minimum absolute atomic E-state index is 0.0564. The number of thioether (sulfide) groups is 1. The highest BCUT2D eigenvalue weighted by Gasteiger charge is 2.14. The van der Waals surface area contributed by atoms with E-state index in [-0.39, 0.29) is 5.82 Å². The van der Waals surface area contributed by atoms with Gasteiger partial charge in [-0.15, -0.1) is 0 Å². The van der Waals surface area contributed by atoms with Crippen molar-refractivity contribution in [3.8, 4) is 5.82 Å². The van der Waals surface area contributed by atoms with E-state index >= 15 is 0 Å². The number of hydrogen-bond donors (Lipinski definition) is 0. The van der Waals surface area contributed by atoms with Gasteiger partial charge in [0, 0.05) is 18.6 Å². The number of nitrogens with zero attached hydrogens (tertiary/aromatic N) is 4. The number of hydrogen-bond acceptors (Lipinski definition) is 5. The lowest BCUT2D eigenvalue weighted by Gasteiger charge is -2.08. The quantitative estimate of drug-likeness (QED) is 0.515. The molecule has 0 saturated heterocycles. The van der Waals surface area contributed by atoms with Crippen LogP contribution in [-0.4, -0.2) is 25.8 Å². The Morgan fingerprint density at radius 1 is 1.38 bits per heavy atom. The largest absolute Gasteiger partial charge is 0.268 e. The maximum absolute atomic E-state index is 13.8. The molecule has 0 amide bonds. The fourth-order valence-electron chi connectivity index (χ4n) is 1.88. The normalized spacial score (nSPS) is 11.0. The fourth-order valence-corrected chi connectivity index (χ4v) is 2.73. The highest BCUT2D eigenvalue weighted by atomic mass is 79.9. The third kappa shape index (κ3) is 2.44. The summed E-state index contributed by atoms with van der Waals surface area (Å²) in [5.41, 5.74) is 0.0744. The summed E-state index contributed by atoms with van der Waals surface area (Å²) in [5.74, 6) is -0.633. The Balaban J connectivity index is 2.35. The minimum Gasteiger partial charge on any atom is -0.268 e. The maximum atomic E-state index is 13.8. The first-order valence-electron chi connectivity index (χ1n) is 5.84. The summed E-state index contributed by atoms with van der Waals surface area (Å²) in [6.07, 6.45) is 6.18. The van der Waals surface area contributed by atoms with Gasteiger partial charge in [-0.1, -0.05) is 11.8 Å². The minimum atomic E-state index is -0.576. The van der Waals surface area contributed by atoms with Crippen molar-refractivity contribution in [3.63, 3.8) is 0 Å². The van der Waals surface area contributed by atoms with Crippen LogP contribution < -0.4 is 5.56 Å². The lowest BCUT2D eigenvalue weighted by molar-refractivity contribution is 0.607. The van der Waals surface area contributed by atoms with Crippen LogP contribution in [0.3, 0.4) is 0 Å². The first-order valence-corrected chi connectivity index (χ1v) is 7.86. The topological polar surface area (TPSA) is 60.7 Å². The zero-order valence-corrected chi connectivity index (χ0v) is 13.2. The van der Waals surface area contributed by atoms with Crippen molar-refractivity contribution < 1.29 is 4.39 Å². The molecule has 8 heteroatoms. The lowest BCUT2D eigenvalue weighted by atomic mass is 10.3. The van der Waals surface area contributed by atoms with E-state index in [9.17, 15) is 9.18 Å². The van der Waals surface area contributed by atoms with E-state index in [1.165, 1.54) is 42.5 Å². The molecule has 0 unspecified atom stereocenters. The van der Waals surface area contributed by atoms with Gasteiger partial charge in [-0.3, -0.25) is 9.36 Å². The van der Waals surface area contributed by atoms with Crippen LogP contribution in [-0.2, 0) is 0 Å². The van der Waals surface area contributed by atoms with Gasteiger partial charge < -0.3 is 0 Å². The van der Waals surface area contributed by atoms with Crippen LogP contribution >= 0.6 is 27.7 Å². The molecule has 0 aliphatic carbocycles. The van der Waals surface area contributed by atoms with Gasteiger partial charge in [0.1, 0.15) is 0 Å². The third-order valence-corrected chi connectivity index (χ3v) is 3.98. The van der Waals surface area contributed by atoms with E-state index in [4.69, 9.17) is 0 Å². The molecule has 0 atom stereocenters. The molecule has 0 fully saturated rings. The molecule has 3 rings (SSSR count). The number of rotatable bonds is 2. The van der Waals surface area contributed by atoms with E-state index in [2.05, 4.69) is 30.9 Å². The molecule has 0 spiro atoms. The Hall–Kier alpha value is -1.80. The van der Waals surface area contributed by atoms with Gasteiger partial charge in [0.05, 0.1) is 15.4 Å². The van der Waals surface area contributed by atoms with Crippen molar-refractivity contribution in [3.05, 3.63) is 51.4 Å². The van der Waals surface area contributed by atoms with Crippen LogP contribution in [0, 0.1) is 5.82 Å². The first-order chi connectivity index (χ1) is 10.1. The van der Waals surface area contributed by atoms with Crippen molar-refractivity contribution >= 4 is 38.6 Å². The van der Waals surface area contributed by atoms with Crippen molar-refractivity contribution in [1.82, 2.24) is 19.5 Å². The predicted octanol–water partition coefficient (Wildman–Crippen LogP) is 2.80. The molecule has 3 heterocycles. The highest BCUT2D eigenvalue weighted by Crippen LogP contribution is 2.22. The summed E-state index contributed by atoms with van der Waals surface area (Å²) in [6, 6.07) is 2.72. The van der Waals surface area contributed by atoms with Gasteiger partial charge in [-0.25, -0.2) is 19.3 Å².